The van der Waals surface area contributed by atoms with Gasteiger partial charge in [-0.15, -0.1) is 0 Å². The highest BCUT2D eigenvalue weighted by atomic mass is 16.5. The number of carbonyl (C=O) groups is 1. The van der Waals surface area contributed by atoms with Crippen molar-refractivity contribution in [2.45, 2.75) is 44.8 Å². The number of amides is 1. The van der Waals surface area contributed by atoms with Crippen LogP contribution in [0.5, 0.6) is 0 Å². The Morgan fingerprint density at radius 2 is 2.25 bits per heavy atom. The summed E-state index contributed by atoms with van der Waals surface area (Å²) in [6.07, 6.45) is 5.03. The molecule has 94 valence electrons. The maximum Gasteiger partial charge on any atom is 0.238 e. The predicted molar refractivity (Wildman–Crippen MR) is 64.4 cm³/mol. The smallest absolute Gasteiger partial charge is 0.238 e. The minimum absolute atomic E-state index is 0.0985. The summed E-state index contributed by atoms with van der Waals surface area (Å²) in [6.45, 7) is 3.66. The molecule has 0 aromatic rings. The number of nitrogens with one attached hydrogen (secondary N) is 1. The zero-order chi connectivity index (χ0) is 12.0. The Morgan fingerprint density at radius 1 is 1.50 bits per heavy atom. The van der Waals surface area contributed by atoms with Crippen LogP contribution in [-0.4, -0.2) is 50.2 Å². The van der Waals surface area contributed by atoms with E-state index in [-0.39, 0.29) is 11.9 Å². The van der Waals surface area contributed by atoms with Crippen molar-refractivity contribution in [3.05, 3.63) is 0 Å². The number of nitrogens with zero attached hydrogens (tertiary/aromatic N) is 1. The first kappa shape index (κ1) is 13.5. The van der Waals surface area contributed by atoms with Crippen LogP contribution in [0.3, 0.4) is 0 Å². The van der Waals surface area contributed by atoms with Crippen LogP contribution in [0.25, 0.3) is 0 Å². The van der Waals surface area contributed by atoms with Gasteiger partial charge in [0, 0.05) is 20.7 Å². The molecule has 16 heavy (non-hydrogen) atoms. The zero-order valence-corrected chi connectivity index (χ0v) is 10.7. The Labute approximate surface area is 98.3 Å². The lowest BCUT2D eigenvalue weighted by atomic mass is 10.1. The summed E-state index contributed by atoms with van der Waals surface area (Å²) < 4.78 is 5.63. The standard InChI is InChI=1S/C12H24N2O2/c1-10(12(15)14(2)3)13-8-7-11-6-4-5-9-16-11/h10-11,13H,4-9H2,1-3H3. The number of carbonyl (C=O) groups excluding carboxylic acids is 1. The third-order valence-electron chi connectivity index (χ3n) is 3.00. The summed E-state index contributed by atoms with van der Waals surface area (Å²) >= 11 is 0. The number of hydrogen-bond acceptors (Lipinski definition) is 3. The third kappa shape index (κ3) is 4.49. The first-order chi connectivity index (χ1) is 7.61. The van der Waals surface area contributed by atoms with Crippen LogP contribution < -0.4 is 5.32 Å². The molecule has 0 aromatic heterocycles. The molecule has 0 spiro atoms. The molecule has 0 aliphatic carbocycles. The van der Waals surface area contributed by atoms with Crippen molar-refractivity contribution in [3.8, 4) is 0 Å². The monoisotopic (exact) mass is 228 g/mol. The van der Waals surface area contributed by atoms with Crippen molar-refractivity contribution >= 4 is 5.91 Å². The molecule has 1 rings (SSSR count). The van der Waals surface area contributed by atoms with Crippen molar-refractivity contribution in [1.29, 1.82) is 0 Å². The minimum atomic E-state index is -0.0985. The van der Waals surface area contributed by atoms with Gasteiger partial charge in [0.2, 0.25) is 5.91 Å². The Hall–Kier alpha value is -0.610. The molecule has 1 aliphatic heterocycles. The number of likely N-dealkylation sites (N-methyl/N-ethyl adjacent to an activating group) is 1. The van der Waals surface area contributed by atoms with Gasteiger partial charge in [0.25, 0.3) is 0 Å². The summed E-state index contributed by atoms with van der Waals surface area (Å²) in [4.78, 5) is 13.2. The molecule has 1 saturated heterocycles. The van der Waals surface area contributed by atoms with Gasteiger partial charge < -0.3 is 15.0 Å². The van der Waals surface area contributed by atoms with Gasteiger partial charge in [-0.1, -0.05) is 0 Å². The Balaban J connectivity index is 2.12. The van der Waals surface area contributed by atoms with E-state index in [0.717, 1.165) is 26.0 Å². The van der Waals surface area contributed by atoms with Gasteiger partial charge in [-0.2, -0.15) is 0 Å². The van der Waals surface area contributed by atoms with Gasteiger partial charge in [0.05, 0.1) is 12.1 Å². The molecular weight excluding hydrogens is 204 g/mol. The molecule has 1 amide bonds. The molecule has 2 atom stereocenters. The molecule has 2 unspecified atom stereocenters. The van der Waals surface area contributed by atoms with Crippen molar-refractivity contribution in [1.82, 2.24) is 10.2 Å². The Morgan fingerprint density at radius 3 is 2.81 bits per heavy atom. The SMILES string of the molecule is CC(NCCC1CCCCO1)C(=O)N(C)C. The lowest BCUT2D eigenvalue weighted by molar-refractivity contribution is -0.130. The largest absolute Gasteiger partial charge is 0.378 e. The number of hydrogen-bond donors (Lipinski definition) is 1. The van der Waals surface area contributed by atoms with E-state index in [1.165, 1.54) is 12.8 Å². The highest BCUT2D eigenvalue weighted by Gasteiger charge is 2.16. The van der Waals surface area contributed by atoms with Crippen molar-refractivity contribution in [2.75, 3.05) is 27.2 Å². The van der Waals surface area contributed by atoms with Gasteiger partial charge in [0.1, 0.15) is 0 Å². The van der Waals surface area contributed by atoms with Gasteiger partial charge in [-0.3, -0.25) is 4.79 Å². The Kier molecular flexibility index (Phi) is 5.77. The van der Waals surface area contributed by atoms with E-state index in [0.29, 0.717) is 6.10 Å². The van der Waals surface area contributed by atoms with Gasteiger partial charge in [0.15, 0.2) is 0 Å². The van der Waals surface area contributed by atoms with Crippen LogP contribution in [0.2, 0.25) is 0 Å². The summed E-state index contributed by atoms with van der Waals surface area (Å²) in [7, 11) is 3.56. The average molecular weight is 228 g/mol. The van der Waals surface area contributed by atoms with E-state index in [2.05, 4.69) is 5.32 Å². The van der Waals surface area contributed by atoms with E-state index in [1.807, 2.05) is 6.92 Å². The average Bonchev–Trinajstić information content (AvgIpc) is 2.29. The van der Waals surface area contributed by atoms with Crippen molar-refractivity contribution < 1.29 is 9.53 Å². The lowest BCUT2D eigenvalue weighted by Gasteiger charge is -2.24. The second-order valence-electron chi connectivity index (χ2n) is 4.69. The third-order valence-corrected chi connectivity index (χ3v) is 3.00. The summed E-state index contributed by atoms with van der Waals surface area (Å²) in [5.74, 6) is 0.129. The topological polar surface area (TPSA) is 41.6 Å². The molecule has 4 heteroatoms. The van der Waals surface area contributed by atoms with Crippen LogP contribution >= 0.6 is 0 Å². The molecule has 4 nitrogen and oxygen atoms in total. The second kappa shape index (κ2) is 6.86. The van der Waals surface area contributed by atoms with Crippen LogP contribution in [0.15, 0.2) is 0 Å². The molecule has 0 saturated carbocycles. The number of ether oxygens (including phenoxy) is 1. The van der Waals surface area contributed by atoms with Crippen LogP contribution in [-0.2, 0) is 9.53 Å². The van der Waals surface area contributed by atoms with Gasteiger partial charge in [-0.25, -0.2) is 0 Å². The van der Waals surface area contributed by atoms with Crippen LogP contribution in [0.1, 0.15) is 32.6 Å². The zero-order valence-electron chi connectivity index (χ0n) is 10.7. The molecule has 0 bridgehead atoms. The second-order valence-corrected chi connectivity index (χ2v) is 4.69. The summed E-state index contributed by atoms with van der Waals surface area (Å²) in [6, 6.07) is -0.0985. The van der Waals surface area contributed by atoms with Gasteiger partial charge in [-0.05, 0) is 39.2 Å². The molecular formula is C12H24N2O2. The molecule has 1 aliphatic rings. The Bertz CT molecular complexity index is 213. The van der Waals surface area contributed by atoms with E-state index in [9.17, 15) is 4.79 Å². The molecule has 1 N–H and O–H groups in total. The maximum absolute atomic E-state index is 11.6. The van der Waals surface area contributed by atoms with Crippen molar-refractivity contribution in [3.63, 3.8) is 0 Å². The summed E-state index contributed by atoms with van der Waals surface area (Å²) in [5, 5.41) is 3.24. The van der Waals surface area contributed by atoms with Crippen LogP contribution in [0, 0.1) is 0 Å². The fourth-order valence-electron chi connectivity index (χ4n) is 1.97. The van der Waals surface area contributed by atoms with E-state index >= 15 is 0 Å². The first-order valence-corrected chi connectivity index (χ1v) is 6.17. The molecule has 0 aromatic carbocycles. The normalized spacial score (nSPS) is 22.8. The maximum atomic E-state index is 11.6. The quantitative estimate of drug-likeness (QED) is 0.763. The highest BCUT2D eigenvalue weighted by molar-refractivity contribution is 5.80. The van der Waals surface area contributed by atoms with Crippen molar-refractivity contribution in [2.24, 2.45) is 0 Å². The molecule has 1 heterocycles. The first-order valence-electron chi connectivity index (χ1n) is 6.17. The fourth-order valence-corrected chi connectivity index (χ4v) is 1.97. The lowest BCUT2D eigenvalue weighted by Crippen LogP contribution is -2.42. The predicted octanol–water partition coefficient (Wildman–Crippen LogP) is 1.01. The minimum Gasteiger partial charge on any atom is -0.378 e. The number of rotatable bonds is 5. The summed E-state index contributed by atoms with van der Waals surface area (Å²) in [5.41, 5.74) is 0. The van der Waals surface area contributed by atoms with E-state index < -0.39 is 0 Å². The molecule has 1 fully saturated rings. The molecule has 0 radical (unpaired) electrons. The highest BCUT2D eigenvalue weighted by Crippen LogP contribution is 2.14. The van der Waals surface area contributed by atoms with E-state index in [4.69, 9.17) is 4.74 Å². The van der Waals surface area contributed by atoms with E-state index in [1.54, 1.807) is 19.0 Å². The van der Waals surface area contributed by atoms with Crippen LogP contribution in [0.4, 0.5) is 0 Å². The van der Waals surface area contributed by atoms with Gasteiger partial charge >= 0.3 is 0 Å². The fraction of sp³-hybridized carbons (Fsp3) is 0.917.